The van der Waals surface area contributed by atoms with Crippen molar-refractivity contribution in [3.05, 3.63) is 53.0 Å². The highest BCUT2D eigenvalue weighted by atomic mass is 16.3. The van der Waals surface area contributed by atoms with Gasteiger partial charge in [0.15, 0.2) is 0 Å². The number of furan rings is 1. The van der Waals surface area contributed by atoms with E-state index >= 15 is 0 Å². The van der Waals surface area contributed by atoms with Crippen LogP contribution in [0.15, 0.2) is 34.9 Å². The third-order valence-corrected chi connectivity index (χ3v) is 3.90. The Morgan fingerprint density at radius 2 is 2.24 bits per heavy atom. The molecular formula is C16H19N3O2. The van der Waals surface area contributed by atoms with Gasteiger partial charge in [-0.2, -0.15) is 0 Å². The fourth-order valence-corrected chi connectivity index (χ4v) is 2.83. The van der Waals surface area contributed by atoms with Gasteiger partial charge in [-0.05, 0) is 48.6 Å². The van der Waals surface area contributed by atoms with Gasteiger partial charge < -0.3 is 21.2 Å². The summed E-state index contributed by atoms with van der Waals surface area (Å²) in [6.45, 7) is 0.290. The number of hydrogen-bond acceptors (Lipinski definition) is 4. The number of amides is 1. The summed E-state index contributed by atoms with van der Waals surface area (Å²) in [5.74, 6) is 0.477. The number of rotatable bonds is 3. The molecule has 0 bridgehead atoms. The third-order valence-electron chi connectivity index (χ3n) is 3.90. The van der Waals surface area contributed by atoms with Crippen molar-refractivity contribution in [1.29, 1.82) is 0 Å². The number of nitrogen functional groups attached to an aromatic ring is 1. The summed E-state index contributed by atoms with van der Waals surface area (Å²) in [6.07, 6.45) is 4.44. The average Bonchev–Trinajstić information content (AvgIpc) is 2.96. The zero-order chi connectivity index (χ0) is 14.8. The van der Waals surface area contributed by atoms with E-state index in [2.05, 4.69) is 5.32 Å². The van der Waals surface area contributed by atoms with Crippen molar-refractivity contribution in [1.82, 2.24) is 5.32 Å². The van der Waals surface area contributed by atoms with E-state index in [-0.39, 0.29) is 11.9 Å². The highest BCUT2D eigenvalue weighted by molar-refractivity contribution is 5.94. The number of nitrogens with one attached hydrogen (secondary N) is 1. The number of anilines is 1. The first-order valence-corrected chi connectivity index (χ1v) is 7.14. The first kappa shape index (κ1) is 13.7. The summed E-state index contributed by atoms with van der Waals surface area (Å²) in [4.78, 5) is 12.3. The molecule has 5 heteroatoms. The van der Waals surface area contributed by atoms with Gasteiger partial charge in [0, 0.05) is 5.69 Å². The molecule has 1 unspecified atom stereocenters. The summed E-state index contributed by atoms with van der Waals surface area (Å²) in [6, 6.07) is 7.60. The van der Waals surface area contributed by atoms with Gasteiger partial charge >= 0.3 is 0 Å². The molecule has 2 aromatic rings. The van der Waals surface area contributed by atoms with Crippen molar-refractivity contribution in [3.63, 3.8) is 0 Å². The van der Waals surface area contributed by atoms with Gasteiger partial charge in [-0.3, -0.25) is 4.79 Å². The van der Waals surface area contributed by atoms with Crippen LogP contribution >= 0.6 is 0 Å². The SMILES string of the molecule is NCc1cc(C(=O)NC2CCCc3cc(N)ccc32)co1. The van der Waals surface area contributed by atoms with Crippen molar-refractivity contribution in [2.24, 2.45) is 5.73 Å². The van der Waals surface area contributed by atoms with Crippen LogP contribution in [0.4, 0.5) is 5.69 Å². The Bertz CT molecular complexity index is 663. The lowest BCUT2D eigenvalue weighted by atomic mass is 9.87. The van der Waals surface area contributed by atoms with Crippen LogP contribution in [-0.2, 0) is 13.0 Å². The summed E-state index contributed by atoms with van der Waals surface area (Å²) in [5, 5.41) is 3.07. The van der Waals surface area contributed by atoms with Gasteiger partial charge in [0.05, 0.1) is 18.2 Å². The largest absolute Gasteiger partial charge is 0.467 e. The lowest BCUT2D eigenvalue weighted by molar-refractivity contribution is 0.0932. The quantitative estimate of drug-likeness (QED) is 0.753. The molecule has 1 amide bonds. The first-order valence-electron chi connectivity index (χ1n) is 7.14. The van der Waals surface area contributed by atoms with Crippen LogP contribution in [0.25, 0.3) is 0 Å². The molecule has 0 radical (unpaired) electrons. The summed E-state index contributed by atoms with van der Waals surface area (Å²) < 4.78 is 5.21. The molecule has 3 rings (SSSR count). The van der Waals surface area contributed by atoms with Crippen LogP contribution in [0.5, 0.6) is 0 Å². The smallest absolute Gasteiger partial charge is 0.255 e. The fourth-order valence-electron chi connectivity index (χ4n) is 2.83. The van der Waals surface area contributed by atoms with Gasteiger partial charge in [0.1, 0.15) is 12.0 Å². The Morgan fingerprint density at radius 1 is 1.38 bits per heavy atom. The highest BCUT2D eigenvalue weighted by Crippen LogP contribution is 2.31. The summed E-state index contributed by atoms with van der Waals surface area (Å²) >= 11 is 0. The zero-order valence-corrected chi connectivity index (χ0v) is 11.8. The van der Waals surface area contributed by atoms with Gasteiger partial charge in [0.25, 0.3) is 5.91 Å². The molecule has 1 aliphatic rings. The van der Waals surface area contributed by atoms with Crippen LogP contribution in [-0.4, -0.2) is 5.91 Å². The highest BCUT2D eigenvalue weighted by Gasteiger charge is 2.23. The van der Waals surface area contributed by atoms with Crippen LogP contribution < -0.4 is 16.8 Å². The van der Waals surface area contributed by atoms with Crippen LogP contribution in [0, 0.1) is 0 Å². The van der Waals surface area contributed by atoms with Crippen molar-refractivity contribution < 1.29 is 9.21 Å². The van der Waals surface area contributed by atoms with Gasteiger partial charge in [-0.15, -0.1) is 0 Å². The Kier molecular flexibility index (Phi) is 3.66. The maximum absolute atomic E-state index is 12.3. The predicted octanol–water partition coefficient (Wildman–Crippen LogP) is 2.13. The second kappa shape index (κ2) is 5.61. The fraction of sp³-hybridized carbons (Fsp3) is 0.312. The van der Waals surface area contributed by atoms with Crippen molar-refractivity contribution in [2.45, 2.75) is 31.8 Å². The second-order valence-corrected chi connectivity index (χ2v) is 5.38. The van der Waals surface area contributed by atoms with E-state index in [1.165, 1.54) is 11.8 Å². The van der Waals surface area contributed by atoms with Crippen LogP contribution in [0.1, 0.15) is 46.1 Å². The predicted molar refractivity (Wildman–Crippen MR) is 80.6 cm³/mol. The standard InChI is InChI=1S/C16H19N3O2/c17-8-13-7-11(9-21-13)16(20)19-15-3-1-2-10-6-12(18)4-5-14(10)15/h4-7,9,15H,1-3,8,17-18H2,(H,19,20). The maximum atomic E-state index is 12.3. The molecule has 0 spiro atoms. The minimum atomic E-state index is -0.131. The zero-order valence-electron chi connectivity index (χ0n) is 11.8. The molecule has 0 saturated heterocycles. The summed E-state index contributed by atoms with van der Waals surface area (Å²) in [5.41, 5.74) is 15.0. The van der Waals surface area contributed by atoms with Crippen molar-refractivity contribution in [2.75, 3.05) is 5.73 Å². The maximum Gasteiger partial charge on any atom is 0.255 e. The van der Waals surface area contributed by atoms with E-state index in [0.29, 0.717) is 17.9 Å². The van der Waals surface area contributed by atoms with E-state index in [4.69, 9.17) is 15.9 Å². The first-order chi connectivity index (χ1) is 10.2. The molecule has 0 saturated carbocycles. The molecule has 1 aliphatic carbocycles. The van der Waals surface area contributed by atoms with E-state index in [1.807, 2.05) is 18.2 Å². The number of benzene rings is 1. The molecule has 110 valence electrons. The van der Waals surface area contributed by atoms with Gasteiger partial charge in [0.2, 0.25) is 0 Å². The Labute approximate surface area is 123 Å². The Hall–Kier alpha value is -2.27. The van der Waals surface area contributed by atoms with Crippen LogP contribution in [0.3, 0.4) is 0 Å². The molecule has 1 heterocycles. The minimum absolute atomic E-state index is 0.0260. The van der Waals surface area contributed by atoms with E-state index < -0.39 is 0 Å². The topological polar surface area (TPSA) is 94.3 Å². The molecule has 1 aromatic carbocycles. The van der Waals surface area contributed by atoms with E-state index in [0.717, 1.165) is 30.5 Å². The second-order valence-electron chi connectivity index (χ2n) is 5.38. The number of nitrogens with two attached hydrogens (primary N) is 2. The Balaban J connectivity index is 1.78. The van der Waals surface area contributed by atoms with E-state index in [9.17, 15) is 4.79 Å². The van der Waals surface area contributed by atoms with Gasteiger partial charge in [-0.25, -0.2) is 0 Å². The number of fused-ring (bicyclic) bond motifs is 1. The molecule has 0 fully saturated rings. The molecule has 5 N–H and O–H groups in total. The monoisotopic (exact) mass is 285 g/mol. The summed E-state index contributed by atoms with van der Waals surface area (Å²) in [7, 11) is 0. The average molecular weight is 285 g/mol. The van der Waals surface area contributed by atoms with E-state index in [1.54, 1.807) is 6.07 Å². The minimum Gasteiger partial charge on any atom is -0.467 e. The van der Waals surface area contributed by atoms with Crippen molar-refractivity contribution >= 4 is 11.6 Å². The molecular weight excluding hydrogens is 266 g/mol. The number of hydrogen-bond donors (Lipinski definition) is 3. The van der Waals surface area contributed by atoms with Crippen LogP contribution in [0.2, 0.25) is 0 Å². The molecule has 5 nitrogen and oxygen atoms in total. The normalized spacial score (nSPS) is 17.3. The van der Waals surface area contributed by atoms with Gasteiger partial charge in [-0.1, -0.05) is 6.07 Å². The molecule has 1 aromatic heterocycles. The Morgan fingerprint density at radius 3 is 3.00 bits per heavy atom. The molecule has 1 atom stereocenters. The third kappa shape index (κ3) is 2.78. The lowest BCUT2D eigenvalue weighted by Crippen LogP contribution is -2.30. The lowest BCUT2D eigenvalue weighted by Gasteiger charge is -2.26. The van der Waals surface area contributed by atoms with Crippen molar-refractivity contribution in [3.8, 4) is 0 Å². The molecule has 0 aliphatic heterocycles. The number of carbonyl (C=O) groups excluding carboxylic acids is 1. The number of carbonyl (C=O) groups is 1. The number of aryl methyl sites for hydroxylation is 1. The molecule has 21 heavy (non-hydrogen) atoms.